The molecule has 2 aromatic rings. The van der Waals surface area contributed by atoms with Crippen molar-refractivity contribution in [3.05, 3.63) is 40.6 Å². The van der Waals surface area contributed by atoms with E-state index in [1.165, 1.54) is 25.3 Å². The van der Waals surface area contributed by atoms with E-state index in [-0.39, 0.29) is 5.69 Å². The molecule has 116 valence electrons. The minimum Gasteiger partial charge on any atom is -0.494 e. The van der Waals surface area contributed by atoms with E-state index in [4.69, 9.17) is 17.0 Å². The number of nitrogens with one attached hydrogen (secondary N) is 2. The number of nitro benzene ring substituents is 1. The highest BCUT2D eigenvalue weighted by Gasteiger charge is 2.12. The van der Waals surface area contributed by atoms with Gasteiger partial charge in [-0.25, -0.2) is 0 Å². The van der Waals surface area contributed by atoms with Crippen molar-refractivity contribution in [2.75, 3.05) is 17.7 Å². The molecule has 1 aromatic carbocycles. The summed E-state index contributed by atoms with van der Waals surface area (Å²) >= 11 is 5.19. The summed E-state index contributed by atoms with van der Waals surface area (Å²) in [5.41, 5.74) is 0.475. The first-order chi connectivity index (χ1) is 10.5. The van der Waals surface area contributed by atoms with E-state index in [2.05, 4.69) is 15.7 Å². The van der Waals surface area contributed by atoms with Crippen molar-refractivity contribution in [3.8, 4) is 5.75 Å². The van der Waals surface area contributed by atoms with Gasteiger partial charge >= 0.3 is 0 Å². The Morgan fingerprint density at radius 1 is 1.45 bits per heavy atom. The number of ether oxygens (including phenoxy) is 1. The molecule has 1 aromatic heterocycles. The van der Waals surface area contributed by atoms with Crippen LogP contribution < -0.4 is 15.4 Å². The number of rotatable bonds is 5. The highest BCUT2D eigenvalue weighted by molar-refractivity contribution is 7.80. The molecule has 0 bridgehead atoms. The second-order valence-corrected chi connectivity index (χ2v) is 4.69. The molecule has 0 radical (unpaired) electrons. The largest absolute Gasteiger partial charge is 0.494 e. The zero-order chi connectivity index (χ0) is 16.1. The molecule has 0 spiro atoms. The Kier molecular flexibility index (Phi) is 4.89. The van der Waals surface area contributed by atoms with Crippen LogP contribution in [-0.2, 0) is 6.54 Å². The molecule has 0 aliphatic heterocycles. The van der Waals surface area contributed by atoms with Crippen LogP contribution in [0.4, 0.5) is 17.2 Å². The third kappa shape index (κ3) is 3.70. The molecule has 0 amide bonds. The normalized spacial score (nSPS) is 10.1. The van der Waals surface area contributed by atoms with E-state index < -0.39 is 4.92 Å². The number of aromatic nitrogens is 2. The number of aryl methyl sites for hydroxylation is 1. The van der Waals surface area contributed by atoms with E-state index in [0.29, 0.717) is 22.4 Å². The minimum atomic E-state index is -0.486. The lowest BCUT2D eigenvalue weighted by atomic mass is 10.2. The Hall–Kier alpha value is -2.68. The number of thiocarbonyl (C=S) groups is 1. The molecule has 0 unspecified atom stereocenters. The zero-order valence-electron chi connectivity index (χ0n) is 12.1. The average Bonchev–Trinajstić information content (AvgIpc) is 2.94. The fourth-order valence-electron chi connectivity index (χ4n) is 1.77. The number of nitro groups is 1. The number of hydrogen-bond donors (Lipinski definition) is 2. The maximum Gasteiger partial charge on any atom is 0.273 e. The molecule has 2 rings (SSSR count). The number of non-ortho nitro benzene ring substituents is 1. The van der Waals surface area contributed by atoms with E-state index in [9.17, 15) is 10.1 Å². The van der Waals surface area contributed by atoms with Gasteiger partial charge < -0.3 is 15.4 Å². The lowest BCUT2D eigenvalue weighted by molar-refractivity contribution is -0.384. The Balaban J connectivity index is 2.09. The van der Waals surface area contributed by atoms with Crippen molar-refractivity contribution in [2.45, 2.75) is 13.5 Å². The third-order valence-electron chi connectivity index (χ3n) is 2.85. The molecule has 0 atom stereocenters. The molecule has 0 aliphatic rings. The fraction of sp³-hybridized carbons (Fsp3) is 0.231. The van der Waals surface area contributed by atoms with Crippen LogP contribution in [0.3, 0.4) is 0 Å². The standard InChI is InChI=1S/C13H15N5O3S/c1-3-17-7-6-12(16-17)15-13(22)14-10-5-4-9(18(19)20)8-11(10)21-2/h4-8H,3H2,1-2H3,(H2,14,15,16,22). The van der Waals surface area contributed by atoms with Crippen molar-refractivity contribution in [1.82, 2.24) is 9.78 Å². The summed E-state index contributed by atoms with van der Waals surface area (Å²) in [5.74, 6) is 0.942. The number of benzene rings is 1. The number of hydrogen-bond acceptors (Lipinski definition) is 5. The number of anilines is 2. The smallest absolute Gasteiger partial charge is 0.273 e. The van der Waals surface area contributed by atoms with Crippen LogP contribution in [0.1, 0.15) is 6.92 Å². The van der Waals surface area contributed by atoms with E-state index in [1.54, 1.807) is 10.7 Å². The van der Waals surface area contributed by atoms with Crippen LogP contribution in [0.15, 0.2) is 30.5 Å². The summed E-state index contributed by atoms with van der Waals surface area (Å²) in [6.07, 6.45) is 1.83. The van der Waals surface area contributed by atoms with Crippen molar-refractivity contribution in [2.24, 2.45) is 0 Å². The van der Waals surface area contributed by atoms with E-state index in [1.807, 2.05) is 13.1 Å². The van der Waals surface area contributed by atoms with Crippen molar-refractivity contribution >= 4 is 34.5 Å². The van der Waals surface area contributed by atoms with Crippen LogP contribution in [0.2, 0.25) is 0 Å². The first kappa shape index (κ1) is 15.7. The van der Waals surface area contributed by atoms with Crippen LogP contribution in [0.25, 0.3) is 0 Å². The van der Waals surface area contributed by atoms with Gasteiger partial charge in [-0.1, -0.05) is 0 Å². The van der Waals surface area contributed by atoms with Crippen molar-refractivity contribution in [1.29, 1.82) is 0 Å². The molecule has 0 saturated carbocycles. The Morgan fingerprint density at radius 2 is 2.23 bits per heavy atom. The highest BCUT2D eigenvalue weighted by Crippen LogP contribution is 2.29. The molecule has 9 heteroatoms. The van der Waals surface area contributed by atoms with Gasteiger partial charge in [-0.2, -0.15) is 5.10 Å². The summed E-state index contributed by atoms with van der Waals surface area (Å²) in [5, 5.41) is 21.2. The molecule has 0 fully saturated rings. The summed E-state index contributed by atoms with van der Waals surface area (Å²) in [6.45, 7) is 2.74. The zero-order valence-corrected chi connectivity index (χ0v) is 12.9. The topological polar surface area (TPSA) is 94.2 Å². The highest BCUT2D eigenvalue weighted by atomic mass is 32.1. The molecule has 1 heterocycles. The van der Waals surface area contributed by atoms with Gasteiger partial charge in [0, 0.05) is 24.9 Å². The molecule has 0 aliphatic carbocycles. The predicted molar refractivity (Wildman–Crippen MR) is 87.4 cm³/mol. The summed E-state index contributed by atoms with van der Waals surface area (Å²) < 4.78 is 6.90. The quantitative estimate of drug-likeness (QED) is 0.496. The molecule has 8 nitrogen and oxygen atoms in total. The second-order valence-electron chi connectivity index (χ2n) is 4.28. The van der Waals surface area contributed by atoms with Gasteiger partial charge in [-0.3, -0.25) is 14.8 Å². The van der Waals surface area contributed by atoms with Crippen molar-refractivity contribution < 1.29 is 9.66 Å². The molecular weight excluding hydrogens is 306 g/mol. The molecule has 22 heavy (non-hydrogen) atoms. The Labute approximate surface area is 132 Å². The van der Waals surface area contributed by atoms with Gasteiger partial charge in [0.2, 0.25) is 0 Å². The SMILES string of the molecule is CCn1ccc(NC(=S)Nc2ccc([N+](=O)[O-])cc2OC)n1. The monoisotopic (exact) mass is 321 g/mol. The predicted octanol–water partition coefficient (Wildman–Crippen LogP) is 2.63. The molecule has 0 saturated heterocycles. The molecule has 2 N–H and O–H groups in total. The second kappa shape index (κ2) is 6.85. The van der Waals surface area contributed by atoms with Gasteiger partial charge in [0.1, 0.15) is 5.75 Å². The van der Waals surface area contributed by atoms with Crippen molar-refractivity contribution in [3.63, 3.8) is 0 Å². The average molecular weight is 321 g/mol. The maximum atomic E-state index is 10.8. The van der Waals surface area contributed by atoms with E-state index >= 15 is 0 Å². The number of nitrogens with zero attached hydrogens (tertiary/aromatic N) is 3. The van der Waals surface area contributed by atoms with E-state index in [0.717, 1.165) is 6.54 Å². The van der Waals surface area contributed by atoms with Crippen LogP contribution in [-0.4, -0.2) is 26.9 Å². The molecular formula is C13H15N5O3S. The number of methoxy groups -OCH3 is 1. The lowest BCUT2D eigenvalue weighted by Gasteiger charge is -2.12. The van der Waals surface area contributed by atoms with Crippen LogP contribution in [0, 0.1) is 10.1 Å². The maximum absolute atomic E-state index is 10.8. The van der Waals surface area contributed by atoms with Gasteiger partial charge in [-0.15, -0.1) is 0 Å². The van der Waals surface area contributed by atoms with Gasteiger partial charge in [0.15, 0.2) is 10.9 Å². The lowest BCUT2D eigenvalue weighted by Crippen LogP contribution is -2.20. The summed E-state index contributed by atoms with van der Waals surface area (Å²) in [4.78, 5) is 10.3. The Bertz CT molecular complexity index is 701. The van der Waals surface area contributed by atoms with Gasteiger partial charge in [0.05, 0.1) is 23.8 Å². The third-order valence-corrected chi connectivity index (χ3v) is 3.05. The summed E-state index contributed by atoms with van der Waals surface area (Å²) in [6, 6.07) is 6.04. The van der Waals surface area contributed by atoms with Gasteiger partial charge in [-0.05, 0) is 25.2 Å². The fourth-order valence-corrected chi connectivity index (χ4v) is 1.99. The van der Waals surface area contributed by atoms with Crippen LogP contribution >= 0.6 is 12.2 Å². The Morgan fingerprint density at radius 3 is 2.82 bits per heavy atom. The first-order valence-corrected chi connectivity index (χ1v) is 6.88. The van der Waals surface area contributed by atoms with Crippen LogP contribution in [0.5, 0.6) is 5.75 Å². The first-order valence-electron chi connectivity index (χ1n) is 6.47. The summed E-state index contributed by atoms with van der Waals surface area (Å²) in [7, 11) is 1.43. The minimum absolute atomic E-state index is 0.0528. The van der Waals surface area contributed by atoms with Gasteiger partial charge in [0.25, 0.3) is 5.69 Å².